The predicted molar refractivity (Wildman–Crippen MR) is 104 cm³/mol. The number of halogens is 10. The van der Waals surface area contributed by atoms with Crippen LogP contribution in [0, 0.1) is 58.2 Å². The summed E-state index contributed by atoms with van der Waals surface area (Å²) in [6.45, 7) is 0. The number of benzene rings is 4. The van der Waals surface area contributed by atoms with Crippen LogP contribution in [0.15, 0.2) is 42.5 Å². The summed E-state index contributed by atoms with van der Waals surface area (Å²) in [5, 5.41) is -1.93. The van der Waals surface area contributed by atoms with Gasteiger partial charge in [-0.2, -0.15) is 8.78 Å². The van der Waals surface area contributed by atoms with E-state index >= 15 is 0 Å². The third-order valence-corrected chi connectivity index (χ3v) is 4.67. The molecule has 0 saturated heterocycles. The number of rotatable bonds is 6. The van der Waals surface area contributed by atoms with E-state index in [2.05, 4.69) is 0 Å². The first-order valence-corrected chi connectivity index (χ1v) is 9.51. The molecule has 0 atom stereocenters. The van der Waals surface area contributed by atoms with Gasteiger partial charge in [-0.05, 0) is 30.3 Å². The summed E-state index contributed by atoms with van der Waals surface area (Å²) in [7, 11) is -2.64. The van der Waals surface area contributed by atoms with Crippen LogP contribution in [0.4, 0.5) is 43.9 Å². The van der Waals surface area contributed by atoms with E-state index in [1.165, 1.54) is 0 Å². The molecule has 0 aromatic heterocycles. The van der Waals surface area contributed by atoms with Gasteiger partial charge in [-0.1, -0.05) is 0 Å². The molecule has 36 heavy (non-hydrogen) atoms. The fraction of sp³-hybridized carbons (Fsp3) is 0. The van der Waals surface area contributed by atoms with Gasteiger partial charge >= 0.3 is 7.32 Å². The fourth-order valence-electron chi connectivity index (χ4n) is 3.06. The van der Waals surface area contributed by atoms with E-state index in [1.807, 2.05) is 0 Å². The molecule has 186 valence electrons. The maximum atomic E-state index is 14.2. The zero-order valence-electron chi connectivity index (χ0n) is 17.1. The quantitative estimate of drug-likeness (QED) is 0.122. The maximum Gasteiger partial charge on any atom is 0.864 e. The highest BCUT2D eigenvalue weighted by molar-refractivity contribution is 6.40. The average molecular weight is 520 g/mol. The van der Waals surface area contributed by atoms with Crippen molar-refractivity contribution in [2.45, 2.75) is 0 Å². The van der Waals surface area contributed by atoms with E-state index < -0.39 is 93.5 Å². The second-order valence-corrected chi connectivity index (χ2v) is 6.97. The molecule has 0 N–H and O–H groups in total. The van der Waals surface area contributed by atoms with Crippen molar-refractivity contribution in [1.82, 2.24) is 0 Å². The van der Waals surface area contributed by atoms with Crippen LogP contribution in [0.5, 0.6) is 17.2 Å². The third-order valence-electron chi connectivity index (χ3n) is 4.67. The molecule has 0 saturated carbocycles. The van der Waals surface area contributed by atoms with E-state index in [-0.39, 0.29) is 18.2 Å². The lowest BCUT2D eigenvalue weighted by Crippen LogP contribution is -2.38. The highest BCUT2D eigenvalue weighted by Crippen LogP contribution is 2.34. The Balaban J connectivity index is 1.83. The first kappa shape index (κ1) is 25.0. The second-order valence-electron chi connectivity index (χ2n) is 6.97. The molecule has 0 unspecified atom stereocenters. The normalized spacial score (nSPS) is 11.1. The summed E-state index contributed by atoms with van der Waals surface area (Å²) in [5.74, 6) is -20.8. The zero-order valence-corrected chi connectivity index (χ0v) is 17.1. The number of hydrogen-bond donors (Lipinski definition) is 0. The Kier molecular flexibility index (Phi) is 6.61. The van der Waals surface area contributed by atoms with Gasteiger partial charge in [0.1, 0.15) is 23.1 Å². The van der Waals surface area contributed by atoms with Crippen LogP contribution in [-0.2, 0) is 0 Å². The Morgan fingerprint density at radius 3 is 1.81 bits per heavy atom. The molecule has 0 bridgehead atoms. The minimum atomic E-state index is -2.64. The van der Waals surface area contributed by atoms with Crippen molar-refractivity contribution in [3.63, 3.8) is 0 Å². The van der Waals surface area contributed by atoms with Crippen molar-refractivity contribution < 1.29 is 57.9 Å². The zero-order chi connectivity index (χ0) is 26.3. The van der Waals surface area contributed by atoms with Gasteiger partial charge in [-0.15, -0.1) is 0 Å². The Labute approximate surface area is 194 Å². The van der Waals surface area contributed by atoms with Crippen molar-refractivity contribution in [1.29, 1.82) is 0 Å². The lowest BCUT2D eigenvalue weighted by molar-refractivity contribution is 0.281. The van der Waals surface area contributed by atoms with Crippen LogP contribution < -0.4 is 14.0 Å². The van der Waals surface area contributed by atoms with E-state index in [0.717, 1.165) is 0 Å². The van der Waals surface area contributed by atoms with Gasteiger partial charge in [0, 0.05) is 17.5 Å². The van der Waals surface area contributed by atoms with Crippen LogP contribution >= 0.6 is 0 Å². The van der Waals surface area contributed by atoms with Crippen molar-refractivity contribution in [3.8, 4) is 17.2 Å². The van der Waals surface area contributed by atoms with Crippen LogP contribution in [0.1, 0.15) is 0 Å². The molecule has 4 aromatic carbocycles. The number of fused-ring (bicyclic) bond motifs is 1. The summed E-state index contributed by atoms with van der Waals surface area (Å²) in [4.78, 5) is 0. The molecule has 0 aliphatic rings. The standard InChI is InChI=1S/C22H7BF10O3/c24-8-5-13(28)18(30)16(6-8)35-23(36-22-12(27)2-1-11(26)20(22)32)34-15-4-3-10(25)17-9(15)7-14(29)19(31)21(17)33/h1-7H. The molecule has 4 aromatic rings. The van der Waals surface area contributed by atoms with Gasteiger partial charge in [-0.3, -0.25) is 0 Å². The predicted octanol–water partition coefficient (Wildman–Crippen LogP) is 6.75. The van der Waals surface area contributed by atoms with Gasteiger partial charge in [-0.25, -0.2) is 35.1 Å². The lowest BCUT2D eigenvalue weighted by Gasteiger charge is -2.19. The van der Waals surface area contributed by atoms with Gasteiger partial charge in [0.2, 0.25) is 5.82 Å². The van der Waals surface area contributed by atoms with Gasteiger partial charge in [0.05, 0.1) is 5.39 Å². The Bertz CT molecular complexity index is 1500. The van der Waals surface area contributed by atoms with Crippen LogP contribution in [0.3, 0.4) is 0 Å². The van der Waals surface area contributed by atoms with Gasteiger partial charge < -0.3 is 14.0 Å². The molecule has 0 fully saturated rings. The Morgan fingerprint density at radius 2 is 1.08 bits per heavy atom. The summed E-state index contributed by atoms with van der Waals surface area (Å²) in [6.07, 6.45) is 0. The van der Waals surface area contributed by atoms with Crippen LogP contribution in [0.2, 0.25) is 0 Å². The molecular formula is C22H7BF10O3. The van der Waals surface area contributed by atoms with Crippen molar-refractivity contribution in [2.75, 3.05) is 0 Å². The van der Waals surface area contributed by atoms with Crippen molar-refractivity contribution >= 4 is 18.1 Å². The molecule has 0 aliphatic carbocycles. The van der Waals surface area contributed by atoms with Crippen LogP contribution in [0.25, 0.3) is 10.8 Å². The fourth-order valence-corrected chi connectivity index (χ4v) is 3.06. The highest BCUT2D eigenvalue weighted by Gasteiger charge is 2.36. The summed E-state index contributed by atoms with van der Waals surface area (Å²) < 4.78 is 154. The molecule has 0 amide bonds. The lowest BCUT2D eigenvalue weighted by atomic mass is 10.1. The van der Waals surface area contributed by atoms with E-state index in [9.17, 15) is 43.9 Å². The SMILES string of the molecule is Fc1cc(F)c(F)c(OB(Oc2c(F)ccc(F)c2F)Oc2ccc(F)c3c(F)c(F)c(F)cc23)c1. The molecule has 0 heterocycles. The second kappa shape index (κ2) is 9.51. The van der Waals surface area contributed by atoms with Gasteiger partial charge in [0.15, 0.2) is 46.5 Å². The van der Waals surface area contributed by atoms with Crippen LogP contribution in [-0.4, -0.2) is 7.32 Å². The summed E-state index contributed by atoms with van der Waals surface area (Å²) >= 11 is 0. The summed E-state index contributed by atoms with van der Waals surface area (Å²) in [5.41, 5.74) is 0. The molecule has 0 aliphatic heterocycles. The Morgan fingerprint density at radius 1 is 0.472 bits per heavy atom. The highest BCUT2D eigenvalue weighted by atomic mass is 19.2. The van der Waals surface area contributed by atoms with E-state index in [4.69, 9.17) is 14.0 Å². The minimum absolute atomic E-state index is 0.123. The molecule has 4 rings (SSSR count). The minimum Gasteiger partial charge on any atom is -0.489 e. The first-order valence-electron chi connectivity index (χ1n) is 9.51. The molecular weight excluding hydrogens is 513 g/mol. The molecule has 14 heteroatoms. The summed E-state index contributed by atoms with van der Waals surface area (Å²) in [6, 6.07) is 2.68. The Hall–Kier alpha value is -4.10. The topological polar surface area (TPSA) is 27.7 Å². The van der Waals surface area contributed by atoms with E-state index in [1.54, 1.807) is 0 Å². The molecule has 0 radical (unpaired) electrons. The maximum absolute atomic E-state index is 14.2. The first-order chi connectivity index (χ1) is 17.0. The van der Waals surface area contributed by atoms with E-state index in [0.29, 0.717) is 24.3 Å². The average Bonchev–Trinajstić information content (AvgIpc) is 2.82. The monoisotopic (exact) mass is 520 g/mol. The largest absolute Gasteiger partial charge is 0.864 e. The third kappa shape index (κ3) is 4.57. The number of hydrogen-bond acceptors (Lipinski definition) is 3. The van der Waals surface area contributed by atoms with Gasteiger partial charge in [0.25, 0.3) is 0 Å². The van der Waals surface area contributed by atoms with Crippen molar-refractivity contribution in [3.05, 3.63) is 101 Å². The molecule has 0 spiro atoms. The smallest absolute Gasteiger partial charge is 0.489 e. The molecule has 3 nitrogen and oxygen atoms in total. The van der Waals surface area contributed by atoms with Crippen molar-refractivity contribution in [2.24, 2.45) is 0 Å².